The largest absolute Gasteiger partial charge is 0.426 e. The number of ether oxygens (including phenoxy) is 2. The van der Waals surface area contributed by atoms with Crippen molar-refractivity contribution in [2.24, 2.45) is 11.1 Å². The van der Waals surface area contributed by atoms with Gasteiger partial charge in [0.1, 0.15) is 5.60 Å². The topological polar surface area (TPSA) is 60.4 Å². The molecule has 31 heavy (non-hydrogen) atoms. The van der Waals surface area contributed by atoms with Crippen LogP contribution >= 0.6 is 23.2 Å². The molecule has 1 amide bonds. The lowest BCUT2D eigenvalue weighted by molar-refractivity contribution is -0.171. The molecule has 2 aromatic rings. The molecule has 1 atom stereocenters. The SMILES string of the molecule is CC(C)C(=O)N1CC2(C1)OCc1cc(C3=NOC(C)(c4cc(Cl)cc(Cl)c4)O3)ccc12. The average Bonchev–Trinajstić information content (AvgIpc) is 3.27. The molecule has 0 aliphatic carbocycles. The van der Waals surface area contributed by atoms with E-state index in [-0.39, 0.29) is 11.8 Å². The fourth-order valence-corrected chi connectivity index (χ4v) is 4.85. The number of benzene rings is 2. The zero-order valence-corrected chi connectivity index (χ0v) is 19.0. The summed E-state index contributed by atoms with van der Waals surface area (Å²) in [5, 5.41) is 5.15. The summed E-state index contributed by atoms with van der Waals surface area (Å²) in [5.41, 5.74) is 3.26. The molecule has 1 unspecified atom stereocenters. The van der Waals surface area contributed by atoms with Crippen LogP contribution in [0, 0.1) is 5.92 Å². The molecule has 0 radical (unpaired) electrons. The molecule has 3 aliphatic rings. The van der Waals surface area contributed by atoms with E-state index in [2.05, 4.69) is 5.16 Å². The normalized spacial score (nSPS) is 23.3. The van der Waals surface area contributed by atoms with Crippen LogP contribution in [0.2, 0.25) is 10.0 Å². The molecule has 0 aromatic heterocycles. The van der Waals surface area contributed by atoms with Gasteiger partial charge >= 0.3 is 5.79 Å². The minimum atomic E-state index is -1.12. The summed E-state index contributed by atoms with van der Waals surface area (Å²) >= 11 is 12.3. The third-order valence-corrected chi connectivity index (χ3v) is 6.46. The highest BCUT2D eigenvalue weighted by Gasteiger charge is 2.52. The van der Waals surface area contributed by atoms with Crippen molar-refractivity contribution < 1.29 is 19.1 Å². The standard InChI is InChI=1S/C23H22Cl2N2O4/c1-13(2)21(28)27-11-23(12-27)19-5-4-14(6-15(19)10-29-23)20-26-31-22(3,30-20)16-7-17(24)9-18(25)8-16/h4-9,13H,10-12H2,1-3H3. The third kappa shape index (κ3) is 3.37. The average molecular weight is 461 g/mol. The minimum absolute atomic E-state index is 0.0122. The molecule has 1 spiro atoms. The van der Waals surface area contributed by atoms with Crippen molar-refractivity contribution in [3.05, 3.63) is 68.7 Å². The lowest BCUT2D eigenvalue weighted by Gasteiger charge is -2.48. The Balaban J connectivity index is 1.34. The number of halogens is 2. The van der Waals surface area contributed by atoms with Crippen molar-refractivity contribution in [3.63, 3.8) is 0 Å². The summed E-state index contributed by atoms with van der Waals surface area (Å²) in [7, 11) is 0. The van der Waals surface area contributed by atoms with Gasteiger partial charge in [-0.2, -0.15) is 0 Å². The highest BCUT2D eigenvalue weighted by molar-refractivity contribution is 6.34. The summed E-state index contributed by atoms with van der Waals surface area (Å²) in [6, 6.07) is 11.1. The van der Waals surface area contributed by atoms with E-state index in [0.29, 0.717) is 41.2 Å². The van der Waals surface area contributed by atoms with Gasteiger partial charge in [0.2, 0.25) is 5.91 Å². The van der Waals surface area contributed by atoms with Crippen LogP contribution in [0.25, 0.3) is 0 Å². The van der Waals surface area contributed by atoms with Crippen LogP contribution in [0.15, 0.2) is 41.6 Å². The first-order valence-electron chi connectivity index (χ1n) is 10.2. The van der Waals surface area contributed by atoms with Crippen molar-refractivity contribution >= 4 is 35.0 Å². The van der Waals surface area contributed by atoms with Crippen LogP contribution in [0.4, 0.5) is 0 Å². The Morgan fingerprint density at radius 3 is 2.52 bits per heavy atom. The molecule has 8 heteroatoms. The van der Waals surface area contributed by atoms with E-state index in [1.54, 1.807) is 25.1 Å². The van der Waals surface area contributed by atoms with E-state index in [1.165, 1.54) is 0 Å². The van der Waals surface area contributed by atoms with Crippen molar-refractivity contribution in [2.75, 3.05) is 13.1 Å². The van der Waals surface area contributed by atoms with Crippen LogP contribution < -0.4 is 0 Å². The van der Waals surface area contributed by atoms with E-state index in [9.17, 15) is 4.79 Å². The van der Waals surface area contributed by atoms with Gasteiger partial charge in [-0.25, -0.2) is 0 Å². The van der Waals surface area contributed by atoms with Gasteiger partial charge in [0, 0.05) is 34.0 Å². The third-order valence-electron chi connectivity index (χ3n) is 6.03. The smallest absolute Gasteiger partial charge is 0.301 e. The zero-order valence-electron chi connectivity index (χ0n) is 17.4. The van der Waals surface area contributed by atoms with Gasteiger partial charge in [-0.3, -0.25) is 4.79 Å². The molecule has 2 aromatic carbocycles. The van der Waals surface area contributed by atoms with Crippen molar-refractivity contribution in [1.29, 1.82) is 0 Å². The molecule has 6 nitrogen and oxygen atoms in total. The molecule has 1 saturated heterocycles. The van der Waals surface area contributed by atoms with Crippen LogP contribution in [0.1, 0.15) is 43.0 Å². The first-order valence-corrected chi connectivity index (χ1v) is 10.9. The van der Waals surface area contributed by atoms with Crippen LogP contribution in [0.3, 0.4) is 0 Å². The van der Waals surface area contributed by atoms with Crippen LogP contribution in [-0.2, 0) is 37.1 Å². The number of hydrogen-bond acceptors (Lipinski definition) is 5. The Kier molecular flexibility index (Phi) is 4.73. The fourth-order valence-electron chi connectivity index (χ4n) is 4.33. The molecule has 5 rings (SSSR count). The Labute approximate surface area is 190 Å². The summed E-state index contributed by atoms with van der Waals surface area (Å²) in [6.07, 6.45) is 0. The number of carbonyl (C=O) groups is 1. The van der Waals surface area contributed by atoms with E-state index in [1.807, 2.05) is 36.9 Å². The number of hydrogen-bond donors (Lipinski definition) is 0. The van der Waals surface area contributed by atoms with Gasteiger partial charge in [0.15, 0.2) is 0 Å². The molecule has 1 fully saturated rings. The van der Waals surface area contributed by atoms with Crippen molar-refractivity contribution in [1.82, 2.24) is 4.90 Å². The van der Waals surface area contributed by atoms with E-state index in [0.717, 1.165) is 16.7 Å². The van der Waals surface area contributed by atoms with Crippen LogP contribution in [-0.4, -0.2) is 29.8 Å². The van der Waals surface area contributed by atoms with Crippen molar-refractivity contribution in [3.8, 4) is 0 Å². The maximum Gasteiger partial charge on any atom is 0.301 e. The molecule has 162 valence electrons. The second kappa shape index (κ2) is 7.12. The number of likely N-dealkylation sites (tertiary alicyclic amines) is 1. The predicted octanol–water partition coefficient (Wildman–Crippen LogP) is 4.80. The van der Waals surface area contributed by atoms with E-state index in [4.69, 9.17) is 37.5 Å². The Morgan fingerprint density at radius 1 is 1.13 bits per heavy atom. The first kappa shape index (κ1) is 20.6. The molecule has 0 bridgehead atoms. The maximum atomic E-state index is 12.2. The fraction of sp³-hybridized carbons (Fsp3) is 0.391. The number of carbonyl (C=O) groups excluding carboxylic acids is 1. The Hall–Kier alpha value is -2.28. The second-order valence-electron chi connectivity index (χ2n) is 8.70. The first-order chi connectivity index (χ1) is 14.7. The molecule has 0 N–H and O–H groups in total. The monoisotopic (exact) mass is 460 g/mol. The summed E-state index contributed by atoms with van der Waals surface area (Å²) < 4.78 is 12.2. The number of fused-ring (bicyclic) bond motifs is 2. The Bertz CT molecular complexity index is 1090. The molecule has 3 aliphatic heterocycles. The zero-order chi connectivity index (χ0) is 22.0. The van der Waals surface area contributed by atoms with E-state index < -0.39 is 11.4 Å². The van der Waals surface area contributed by atoms with Gasteiger partial charge in [-0.15, -0.1) is 0 Å². The van der Waals surface area contributed by atoms with Gasteiger partial charge in [0.25, 0.3) is 5.90 Å². The molecular weight excluding hydrogens is 439 g/mol. The van der Waals surface area contributed by atoms with Crippen LogP contribution in [0.5, 0.6) is 0 Å². The number of rotatable bonds is 3. The van der Waals surface area contributed by atoms with Gasteiger partial charge in [-0.05, 0) is 46.6 Å². The second-order valence-corrected chi connectivity index (χ2v) is 9.57. The number of nitrogens with zero attached hydrogens (tertiary/aromatic N) is 2. The highest BCUT2D eigenvalue weighted by Crippen LogP contribution is 2.44. The summed E-state index contributed by atoms with van der Waals surface area (Å²) in [5.74, 6) is -0.591. The van der Waals surface area contributed by atoms with Gasteiger partial charge < -0.3 is 19.2 Å². The summed E-state index contributed by atoms with van der Waals surface area (Å²) in [6.45, 7) is 7.26. The summed E-state index contributed by atoms with van der Waals surface area (Å²) in [4.78, 5) is 19.7. The van der Waals surface area contributed by atoms with Gasteiger partial charge in [0.05, 0.1) is 19.7 Å². The predicted molar refractivity (Wildman–Crippen MR) is 117 cm³/mol. The quantitative estimate of drug-likeness (QED) is 0.659. The minimum Gasteiger partial charge on any atom is -0.426 e. The lowest BCUT2D eigenvalue weighted by Crippen LogP contribution is -2.61. The number of amides is 1. The van der Waals surface area contributed by atoms with Gasteiger partial charge in [-0.1, -0.05) is 43.1 Å². The van der Waals surface area contributed by atoms with E-state index >= 15 is 0 Å². The molecular formula is C23H22Cl2N2O4. The molecule has 0 saturated carbocycles. The number of oxime groups is 1. The maximum absolute atomic E-state index is 12.2. The highest BCUT2D eigenvalue weighted by atomic mass is 35.5. The Morgan fingerprint density at radius 2 is 1.84 bits per heavy atom. The van der Waals surface area contributed by atoms with Crippen molar-refractivity contribution in [2.45, 2.75) is 38.8 Å². The molecule has 3 heterocycles. The lowest BCUT2D eigenvalue weighted by atomic mass is 9.84.